The molecular formula is C17H11BrINO3. The number of aliphatic imine (C=N–C) groups is 1. The highest BCUT2D eigenvalue weighted by Gasteiger charge is 2.24. The molecule has 116 valence electrons. The molecule has 0 unspecified atom stereocenters. The highest BCUT2D eigenvalue weighted by molar-refractivity contribution is 14.1. The average Bonchev–Trinajstić information content (AvgIpc) is 2.89. The topological polar surface area (TPSA) is 47.9 Å². The van der Waals surface area contributed by atoms with Crippen molar-refractivity contribution in [1.82, 2.24) is 0 Å². The fourth-order valence-electron chi connectivity index (χ4n) is 2.06. The molecular weight excluding hydrogens is 473 g/mol. The lowest BCUT2D eigenvalue weighted by molar-refractivity contribution is -0.129. The second kappa shape index (κ2) is 6.84. The van der Waals surface area contributed by atoms with Crippen molar-refractivity contribution in [3.8, 4) is 5.75 Å². The monoisotopic (exact) mass is 483 g/mol. The number of rotatable bonds is 3. The molecule has 0 bridgehead atoms. The standard InChI is InChI=1S/C17H11BrINO3/c1-22-15-7-2-10(8-13(15)18)9-14-17(21)23-16(20-14)11-3-5-12(19)6-4-11/h2-9H,1H3/b14-9-. The van der Waals surface area contributed by atoms with E-state index in [2.05, 4.69) is 43.5 Å². The van der Waals surface area contributed by atoms with Gasteiger partial charge in [-0.2, -0.15) is 0 Å². The van der Waals surface area contributed by atoms with E-state index in [9.17, 15) is 4.79 Å². The fraction of sp³-hybridized carbons (Fsp3) is 0.0588. The number of carbonyl (C=O) groups excluding carboxylic acids is 1. The van der Waals surface area contributed by atoms with Crippen molar-refractivity contribution in [1.29, 1.82) is 0 Å². The largest absolute Gasteiger partial charge is 0.496 e. The van der Waals surface area contributed by atoms with Crippen molar-refractivity contribution in [2.45, 2.75) is 0 Å². The van der Waals surface area contributed by atoms with E-state index >= 15 is 0 Å². The van der Waals surface area contributed by atoms with E-state index in [0.717, 1.165) is 24.9 Å². The normalized spacial score (nSPS) is 15.5. The van der Waals surface area contributed by atoms with Crippen LogP contribution in [0.1, 0.15) is 11.1 Å². The Labute approximate surface area is 155 Å². The molecule has 6 heteroatoms. The van der Waals surface area contributed by atoms with Gasteiger partial charge in [-0.3, -0.25) is 0 Å². The molecule has 2 aromatic carbocycles. The molecule has 0 N–H and O–H groups in total. The zero-order valence-corrected chi connectivity index (χ0v) is 15.8. The van der Waals surface area contributed by atoms with E-state index in [1.807, 2.05) is 42.5 Å². The maximum atomic E-state index is 12.0. The lowest BCUT2D eigenvalue weighted by Gasteiger charge is -2.03. The van der Waals surface area contributed by atoms with E-state index in [1.165, 1.54) is 0 Å². The number of hydrogen-bond donors (Lipinski definition) is 0. The van der Waals surface area contributed by atoms with Crippen LogP contribution in [0.3, 0.4) is 0 Å². The molecule has 0 aliphatic carbocycles. The second-order valence-corrected chi connectivity index (χ2v) is 6.84. The molecule has 2 aromatic rings. The van der Waals surface area contributed by atoms with Crippen LogP contribution in [-0.2, 0) is 9.53 Å². The van der Waals surface area contributed by atoms with Gasteiger partial charge in [0.25, 0.3) is 0 Å². The van der Waals surface area contributed by atoms with Crippen LogP contribution in [0, 0.1) is 3.57 Å². The van der Waals surface area contributed by atoms with Crippen molar-refractivity contribution in [2.75, 3.05) is 7.11 Å². The number of hydrogen-bond acceptors (Lipinski definition) is 4. The van der Waals surface area contributed by atoms with Gasteiger partial charge in [-0.1, -0.05) is 6.07 Å². The van der Waals surface area contributed by atoms with Crippen LogP contribution in [0.2, 0.25) is 0 Å². The summed E-state index contributed by atoms with van der Waals surface area (Å²) in [7, 11) is 1.60. The average molecular weight is 484 g/mol. The summed E-state index contributed by atoms with van der Waals surface area (Å²) in [4.78, 5) is 16.3. The first kappa shape index (κ1) is 16.2. The van der Waals surface area contributed by atoms with Gasteiger partial charge in [0.15, 0.2) is 5.70 Å². The number of methoxy groups -OCH3 is 1. The number of esters is 1. The second-order valence-electron chi connectivity index (χ2n) is 4.74. The SMILES string of the molecule is COc1ccc(/C=C2\N=C(c3ccc(I)cc3)OC2=O)cc1Br. The molecule has 23 heavy (non-hydrogen) atoms. The summed E-state index contributed by atoms with van der Waals surface area (Å²) in [6, 6.07) is 13.2. The Morgan fingerprint density at radius 1 is 1.22 bits per heavy atom. The lowest BCUT2D eigenvalue weighted by atomic mass is 10.2. The van der Waals surface area contributed by atoms with Crippen LogP contribution < -0.4 is 4.74 Å². The molecule has 1 heterocycles. The molecule has 0 saturated heterocycles. The van der Waals surface area contributed by atoms with Gasteiger partial charge >= 0.3 is 5.97 Å². The van der Waals surface area contributed by atoms with E-state index in [0.29, 0.717) is 5.90 Å². The molecule has 3 rings (SSSR count). The molecule has 0 radical (unpaired) electrons. The summed E-state index contributed by atoms with van der Waals surface area (Å²) in [5.74, 6) is 0.597. The zero-order chi connectivity index (χ0) is 16.4. The third-order valence-electron chi connectivity index (χ3n) is 3.19. The van der Waals surface area contributed by atoms with Crippen molar-refractivity contribution in [2.24, 2.45) is 4.99 Å². The Morgan fingerprint density at radius 3 is 2.61 bits per heavy atom. The van der Waals surface area contributed by atoms with Crippen LogP contribution >= 0.6 is 38.5 Å². The third kappa shape index (κ3) is 3.64. The molecule has 0 amide bonds. The fourth-order valence-corrected chi connectivity index (χ4v) is 2.97. The van der Waals surface area contributed by atoms with Gasteiger partial charge in [0.1, 0.15) is 5.75 Å². The summed E-state index contributed by atoms with van der Waals surface area (Å²) in [6.45, 7) is 0. The summed E-state index contributed by atoms with van der Waals surface area (Å²) in [6.07, 6.45) is 1.69. The summed E-state index contributed by atoms with van der Waals surface area (Å²) < 4.78 is 12.4. The number of cyclic esters (lactones) is 1. The Morgan fingerprint density at radius 2 is 1.96 bits per heavy atom. The highest BCUT2D eigenvalue weighted by atomic mass is 127. The Bertz CT molecular complexity index is 828. The third-order valence-corrected chi connectivity index (χ3v) is 4.53. The van der Waals surface area contributed by atoms with E-state index in [4.69, 9.17) is 9.47 Å². The van der Waals surface area contributed by atoms with E-state index in [1.54, 1.807) is 13.2 Å². The first-order valence-corrected chi connectivity index (χ1v) is 8.56. The van der Waals surface area contributed by atoms with Crippen LogP contribution in [0.25, 0.3) is 6.08 Å². The summed E-state index contributed by atoms with van der Waals surface area (Å²) in [5, 5.41) is 0. The number of nitrogens with zero attached hydrogens (tertiary/aromatic N) is 1. The van der Waals surface area contributed by atoms with E-state index in [-0.39, 0.29) is 5.70 Å². The van der Waals surface area contributed by atoms with Gasteiger partial charge in [0.2, 0.25) is 5.90 Å². The first-order valence-electron chi connectivity index (χ1n) is 6.69. The predicted molar refractivity (Wildman–Crippen MR) is 100 cm³/mol. The maximum absolute atomic E-state index is 12.0. The van der Waals surface area contributed by atoms with Crippen LogP contribution in [0.5, 0.6) is 5.75 Å². The number of halogens is 2. The van der Waals surface area contributed by atoms with Crippen LogP contribution in [0.15, 0.2) is 57.6 Å². The molecule has 4 nitrogen and oxygen atoms in total. The van der Waals surface area contributed by atoms with Gasteiger partial charge in [-0.15, -0.1) is 0 Å². The lowest BCUT2D eigenvalue weighted by Crippen LogP contribution is -2.05. The van der Waals surface area contributed by atoms with Gasteiger partial charge < -0.3 is 9.47 Å². The van der Waals surface area contributed by atoms with Crippen molar-refractivity contribution in [3.05, 3.63) is 67.3 Å². The predicted octanol–water partition coefficient (Wildman–Crippen LogP) is 4.41. The Hall–Kier alpha value is -1.67. The highest BCUT2D eigenvalue weighted by Crippen LogP contribution is 2.27. The minimum atomic E-state index is -0.453. The molecule has 1 aliphatic heterocycles. The van der Waals surface area contributed by atoms with Gasteiger partial charge in [0.05, 0.1) is 11.6 Å². The quantitative estimate of drug-likeness (QED) is 0.369. The molecule has 0 saturated carbocycles. The Kier molecular flexibility index (Phi) is 4.82. The molecule has 0 spiro atoms. The van der Waals surface area contributed by atoms with Gasteiger partial charge in [-0.25, -0.2) is 9.79 Å². The number of carbonyl (C=O) groups is 1. The smallest absolute Gasteiger partial charge is 0.363 e. The number of ether oxygens (including phenoxy) is 2. The first-order chi connectivity index (χ1) is 11.1. The summed E-state index contributed by atoms with van der Waals surface area (Å²) in [5.41, 5.74) is 1.88. The zero-order valence-electron chi connectivity index (χ0n) is 12.0. The van der Waals surface area contributed by atoms with Crippen LogP contribution in [-0.4, -0.2) is 19.0 Å². The number of benzene rings is 2. The van der Waals surface area contributed by atoms with Crippen LogP contribution in [0.4, 0.5) is 0 Å². The molecule has 0 fully saturated rings. The van der Waals surface area contributed by atoms with Crippen molar-refractivity contribution >= 4 is 56.5 Å². The molecule has 0 atom stereocenters. The molecule has 0 aromatic heterocycles. The summed E-state index contributed by atoms with van der Waals surface area (Å²) >= 11 is 5.64. The maximum Gasteiger partial charge on any atom is 0.363 e. The minimum Gasteiger partial charge on any atom is -0.496 e. The minimum absolute atomic E-state index is 0.274. The van der Waals surface area contributed by atoms with Crippen molar-refractivity contribution < 1.29 is 14.3 Å². The molecule has 1 aliphatic rings. The van der Waals surface area contributed by atoms with Crippen molar-refractivity contribution in [3.63, 3.8) is 0 Å². The van der Waals surface area contributed by atoms with Gasteiger partial charge in [0, 0.05) is 9.13 Å². The Balaban J connectivity index is 1.91. The van der Waals surface area contributed by atoms with E-state index < -0.39 is 5.97 Å². The van der Waals surface area contributed by atoms with Gasteiger partial charge in [-0.05, 0) is 86.6 Å².